The maximum absolute atomic E-state index is 8.78. The lowest BCUT2D eigenvalue weighted by Gasteiger charge is -2.08. The quantitative estimate of drug-likeness (QED) is 0.646. The summed E-state index contributed by atoms with van der Waals surface area (Å²) >= 11 is 0. The lowest BCUT2D eigenvalue weighted by atomic mass is 10.2. The van der Waals surface area contributed by atoms with Crippen LogP contribution in [0.5, 0.6) is 11.5 Å². The molecule has 0 aliphatic rings. The normalized spacial score (nSPS) is 9.75. The molecule has 2 aromatic rings. The Hall–Kier alpha value is -2.67. The Morgan fingerprint density at radius 3 is 2.25 bits per heavy atom. The van der Waals surface area contributed by atoms with Crippen LogP contribution in [0.4, 0.5) is 5.69 Å². The highest BCUT2D eigenvalue weighted by molar-refractivity contribution is 5.43. The van der Waals surface area contributed by atoms with Gasteiger partial charge in [-0.15, -0.1) is 0 Å². The van der Waals surface area contributed by atoms with Crippen LogP contribution in [-0.2, 0) is 0 Å². The standard InChI is InChI=1S/C16H16N2O2/c17-12-13-4-1-6-15(10-13)19-8-3-9-20-16-7-2-5-14(18)11-16/h1-2,4-7,10-11H,3,8-9,18H2. The van der Waals surface area contributed by atoms with Crippen molar-refractivity contribution in [2.24, 2.45) is 0 Å². The molecule has 2 rings (SSSR count). The van der Waals surface area contributed by atoms with E-state index < -0.39 is 0 Å². The number of nitrogens with two attached hydrogens (primary N) is 1. The van der Waals surface area contributed by atoms with Crippen molar-refractivity contribution in [1.82, 2.24) is 0 Å². The first-order valence-electron chi connectivity index (χ1n) is 6.39. The number of nitrogen functional groups attached to an aromatic ring is 1. The van der Waals surface area contributed by atoms with E-state index in [0.29, 0.717) is 30.2 Å². The van der Waals surface area contributed by atoms with Crippen molar-refractivity contribution in [2.45, 2.75) is 6.42 Å². The van der Waals surface area contributed by atoms with E-state index in [-0.39, 0.29) is 0 Å². The van der Waals surface area contributed by atoms with Crippen LogP contribution in [0.25, 0.3) is 0 Å². The molecule has 0 unspecified atom stereocenters. The van der Waals surface area contributed by atoms with Gasteiger partial charge in [-0.05, 0) is 30.3 Å². The predicted molar refractivity (Wildman–Crippen MR) is 77.6 cm³/mol. The lowest BCUT2D eigenvalue weighted by Crippen LogP contribution is -2.05. The van der Waals surface area contributed by atoms with Gasteiger partial charge in [0.2, 0.25) is 0 Å². The van der Waals surface area contributed by atoms with E-state index in [9.17, 15) is 0 Å². The second kappa shape index (κ2) is 7.05. The third kappa shape index (κ3) is 4.21. The molecule has 0 bridgehead atoms. The van der Waals surface area contributed by atoms with Crippen LogP contribution in [0.2, 0.25) is 0 Å². The largest absolute Gasteiger partial charge is 0.493 e. The van der Waals surface area contributed by atoms with E-state index >= 15 is 0 Å². The number of hydrogen-bond acceptors (Lipinski definition) is 4. The van der Waals surface area contributed by atoms with E-state index in [4.69, 9.17) is 20.5 Å². The maximum Gasteiger partial charge on any atom is 0.121 e. The van der Waals surface area contributed by atoms with Gasteiger partial charge in [0, 0.05) is 18.2 Å². The van der Waals surface area contributed by atoms with Gasteiger partial charge in [0.15, 0.2) is 0 Å². The average Bonchev–Trinajstić information content (AvgIpc) is 2.47. The molecule has 102 valence electrons. The van der Waals surface area contributed by atoms with E-state index in [0.717, 1.165) is 12.2 Å². The van der Waals surface area contributed by atoms with Crippen LogP contribution in [-0.4, -0.2) is 13.2 Å². The second-order valence-corrected chi connectivity index (χ2v) is 4.26. The topological polar surface area (TPSA) is 68.3 Å². The summed E-state index contributed by atoms with van der Waals surface area (Å²) in [5.41, 5.74) is 6.94. The molecule has 20 heavy (non-hydrogen) atoms. The number of ether oxygens (including phenoxy) is 2. The fourth-order valence-electron chi connectivity index (χ4n) is 1.70. The Morgan fingerprint density at radius 1 is 0.950 bits per heavy atom. The van der Waals surface area contributed by atoms with Crippen molar-refractivity contribution in [2.75, 3.05) is 18.9 Å². The summed E-state index contributed by atoms with van der Waals surface area (Å²) < 4.78 is 11.1. The molecule has 0 saturated heterocycles. The summed E-state index contributed by atoms with van der Waals surface area (Å²) in [6.45, 7) is 1.10. The van der Waals surface area contributed by atoms with Gasteiger partial charge in [-0.25, -0.2) is 0 Å². The molecule has 0 aromatic heterocycles. The maximum atomic E-state index is 8.78. The number of benzene rings is 2. The van der Waals surface area contributed by atoms with Crippen molar-refractivity contribution in [1.29, 1.82) is 5.26 Å². The van der Waals surface area contributed by atoms with Crippen LogP contribution >= 0.6 is 0 Å². The number of nitrogens with zero attached hydrogens (tertiary/aromatic N) is 1. The zero-order valence-corrected chi connectivity index (χ0v) is 11.1. The molecular weight excluding hydrogens is 252 g/mol. The van der Waals surface area contributed by atoms with Crippen LogP contribution < -0.4 is 15.2 Å². The fraction of sp³-hybridized carbons (Fsp3) is 0.188. The highest BCUT2D eigenvalue weighted by Gasteiger charge is 1.97. The van der Waals surface area contributed by atoms with Crippen molar-refractivity contribution in [3.8, 4) is 17.6 Å². The zero-order chi connectivity index (χ0) is 14.2. The Labute approximate surface area is 118 Å². The van der Waals surface area contributed by atoms with Crippen molar-refractivity contribution in [3.63, 3.8) is 0 Å². The van der Waals surface area contributed by atoms with Gasteiger partial charge in [-0.1, -0.05) is 12.1 Å². The Bertz CT molecular complexity index is 605. The van der Waals surface area contributed by atoms with Gasteiger partial charge in [-0.2, -0.15) is 5.26 Å². The van der Waals surface area contributed by atoms with E-state index in [1.54, 1.807) is 24.3 Å². The minimum Gasteiger partial charge on any atom is -0.493 e. The third-order valence-electron chi connectivity index (χ3n) is 2.65. The van der Waals surface area contributed by atoms with E-state index in [1.165, 1.54) is 0 Å². The van der Waals surface area contributed by atoms with Gasteiger partial charge >= 0.3 is 0 Å². The van der Waals surface area contributed by atoms with Gasteiger partial charge in [-0.3, -0.25) is 0 Å². The van der Waals surface area contributed by atoms with Crippen LogP contribution in [0.15, 0.2) is 48.5 Å². The minimum atomic E-state index is 0.539. The zero-order valence-electron chi connectivity index (χ0n) is 11.1. The van der Waals surface area contributed by atoms with Gasteiger partial charge in [0.05, 0.1) is 24.8 Å². The summed E-state index contributed by atoms with van der Waals surface area (Å²) in [5, 5.41) is 8.78. The fourth-order valence-corrected chi connectivity index (χ4v) is 1.70. The van der Waals surface area contributed by atoms with Crippen LogP contribution in [0.3, 0.4) is 0 Å². The minimum absolute atomic E-state index is 0.539. The SMILES string of the molecule is N#Cc1cccc(OCCCOc2cccc(N)c2)c1. The predicted octanol–water partition coefficient (Wildman–Crippen LogP) is 2.99. The molecule has 0 aliphatic carbocycles. The first-order chi connectivity index (χ1) is 9.78. The number of nitriles is 1. The number of hydrogen-bond donors (Lipinski definition) is 1. The monoisotopic (exact) mass is 268 g/mol. The summed E-state index contributed by atoms with van der Waals surface area (Å²) in [6, 6.07) is 16.5. The lowest BCUT2D eigenvalue weighted by molar-refractivity contribution is 0.247. The summed E-state index contributed by atoms with van der Waals surface area (Å²) in [4.78, 5) is 0. The Kier molecular flexibility index (Phi) is 4.85. The Balaban J connectivity index is 1.70. The molecule has 0 fully saturated rings. The summed E-state index contributed by atoms with van der Waals surface area (Å²) in [6.07, 6.45) is 0.756. The van der Waals surface area contributed by atoms with Gasteiger partial charge in [0.25, 0.3) is 0 Å². The van der Waals surface area contributed by atoms with Crippen molar-refractivity contribution in [3.05, 3.63) is 54.1 Å². The van der Waals surface area contributed by atoms with Crippen molar-refractivity contribution >= 4 is 5.69 Å². The molecule has 0 atom stereocenters. The van der Waals surface area contributed by atoms with E-state index in [2.05, 4.69) is 6.07 Å². The second-order valence-electron chi connectivity index (χ2n) is 4.26. The molecule has 0 spiro atoms. The highest BCUT2D eigenvalue weighted by atomic mass is 16.5. The summed E-state index contributed by atoms with van der Waals surface area (Å²) in [7, 11) is 0. The first-order valence-corrected chi connectivity index (χ1v) is 6.39. The first kappa shape index (κ1) is 13.8. The van der Waals surface area contributed by atoms with Gasteiger partial charge < -0.3 is 15.2 Å². The van der Waals surface area contributed by atoms with Crippen LogP contribution in [0, 0.1) is 11.3 Å². The average molecular weight is 268 g/mol. The van der Waals surface area contributed by atoms with Gasteiger partial charge in [0.1, 0.15) is 11.5 Å². The van der Waals surface area contributed by atoms with E-state index in [1.807, 2.05) is 24.3 Å². The number of anilines is 1. The van der Waals surface area contributed by atoms with Crippen LogP contribution in [0.1, 0.15) is 12.0 Å². The Morgan fingerprint density at radius 2 is 1.60 bits per heavy atom. The molecule has 4 heteroatoms. The molecular formula is C16H16N2O2. The molecule has 0 saturated carbocycles. The molecule has 0 amide bonds. The molecule has 2 aromatic carbocycles. The molecule has 2 N–H and O–H groups in total. The highest BCUT2D eigenvalue weighted by Crippen LogP contribution is 2.15. The number of rotatable bonds is 6. The molecule has 0 heterocycles. The smallest absolute Gasteiger partial charge is 0.121 e. The summed E-state index contributed by atoms with van der Waals surface area (Å²) in [5.74, 6) is 1.46. The molecule has 0 aliphatic heterocycles. The van der Waals surface area contributed by atoms with Crippen molar-refractivity contribution < 1.29 is 9.47 Å². The third-order valence-corrected chi connectivity index (χ3v) is 2.65. The molecule has 0 radical (unpaired) electrons. The molecule has 4 nitrogen and oxygen atoms in total.